The monoisotopic (exact) mass is 325 g/mol. The molecule has 0 spiro atoms. The number of carboxylic acids is 2. The van der Waals surface area contributed by atoms with Crippen LogP contribution in [0.1, 0.15) is 29.9 Å². The molecule has 9 nitrogen and oxygen atoms in total. The van der Waals surface area contributed by atoms with Gasteiger partial charge < -0.3 is 20.3 Å². The zero-order valence-corrected chi connectivity index (χ0v) is 13.2. The third-order valence-electron chi connectivity index (χ3n) is 2.17. The number of carbonyl (C=O) groups excluding carboxylic acids is 1. The van der Waals surface area contributed by atoms with Crippen molar-refractivity contribution in [3.8, 4) is 0 Å². The summed E-state index contributed by atoms with van der Waals surface area (Å²) in [5.74, 6) is -2.40. The number of methoxy groups -OCH3 is 1. The molecule has 0 amide bonds. The summed E-state index contributed by atoms with van der Waals surface area (Å²) in [4.78, 5) is 38.5. The number of esters is 1. The molecule has 0 aliphatic heterocycles. The summed E-state index contributed by atoms with van der Waals surface area (Å²) in [6, 6.07) is 0.258. The molecule has 0 unspecified atom stereocenters. The maximum Gasteiger partial charge on any atom is 0.341 e. The average molecular weight is 325 g/mol. The van der Waals surface area contributed by atoms with Crippen molar-refractivity contribution in [2.75, 3.05) is 12.4 Å². The lowest BCUT2D eigenvalue weighted by Crippen LogP contribution is -2.14. The molecule has 3 N–H and O–H groups in total. The van der Waals surface area contributed by atoms with Crippen LogP contribution in [0.2, 0.25) is 0 Å². The summed E-state index contributed by atoms with van der Waals surface area (Å²) in [6.07, 6.45) is 2.59. The molecule has 9 heteroatoms. The summed E-state index contributed by atoms with van der Waals surface area (Å²) in [7, 11) is 1.34. The number of hydrogen-bond donors (Lipinski definition) is 3. The largest absolute Gasteiger partial charge is 0.478 e. The van der Waals surface area contributed by atoms with Gasteiger partial charge in [-0.3, -0.25) is 0 Å². The normalized spacial score (nSPS) is 9.96. The van der Waals surface area contributed by atoms with Crippen LogP contribution in [0.5, 0.6) is 0 Å². The Bertz CT molecular complexity index is 582. The highest BCUT2D eigenvalue weighted by Gasteiger charge is 2.11. The van der Waals surface area contributed by atoms with Crippen LogP contribution in [0.4, 0.5) is 5.95 Å². The Kier molecular flexibility index (Phi) is 8.60. The molecular formula is C14H19N3O6. The molecule has 126 valence electrons. The van der Waals surface area contributed by atoms with Gasteiger partial charge in [0.1, 0.15) is 0 Å². The van der Waals surface area contributed by atoms with Crippen LogP contribution in [0.15, 0.2) is 18.3 Å². The van der Waals surface area contributed by atoms with E-state index in [0.717, 1.165) is 0 Å². The van der Waals surface area contributed by atoms with E-state index >= 15 is 0 Å². The molecule has 1 rings (SSSR count). The van der Waals surface area contributed by atoms with Crippen molar-refractivity contribution in [1.82, 2.24) is 9.97 Å². The number of carboxylic acid groups (broad SMARTS) is 2. The van der Waals surface area contributed by atoms with E-state index in [2.05, 4.69) is 20.0 Å². The molecule has 1 aromatic rings. The van der Waals surface area contributed by atoms with E-state index in [9.17, 15) is 14.4 Å². The molecule has 0 saturated carbocycles. The number of hydrogen-bond acceptors (Lipinski definition) is 7. The SMILES string of the molecule is COC(=O)c1cnc(NC(C)C)nc1C.O=C(O)/C=C\C(=O)O. The molecule has 1 heterocycles. The molecule has 0 atom stereocenters. The number of carbonyl (C=O) groups is 3. The molecule has 0 bridgehead atoms. The zero-order valence-electron chi connectivity index (χ0n) is 13.2. The maximum absolute atomic E-state index is 11.2. The lowest BCUT2D eigenvalue weighted by Gasteiger charge is -2.09. The van der Waals surface area contributed by atoms with Crippen LogP contribution in [-0.4, -0.2) is 51.2 Å². The molecule has 1 aromatic heterocycles. The molecule has 0 aliphatic rings. The van der Waals surface area contributed by atoms with Crippen molar-refractivity contribution in [2.45, 2.75) is 26.8 Å². The van der Waals surface area contributed by atoms with Crippen molar-refractivity contribution in [3.05, 3.63) is 29.6 Å². The number of aryl methyl sites for hydroxylation is 1. The summed E-state index contributed by atoms with van der Waals surface area (Å²) < 4.78 is 4.60. The first-order valence-corrected chi connectivity index (χ1v) is 6.49. The van der Waals surface area contributed by atoms with Gasteiger partial charge in [0.2, 0.25) is 5.95 Å². The van der Waals surface area contributed by atoms with Crippen LogP contribution >= 0.6 is 0 Å². The predicted molar refractivity (Wildman–Crippen MR) is 81.3 cm³/mol. The Morgan fingerprint density at radius 3 is 2.09 bits per heavy atom. The quantitative estimate of drug-likeness (QED) is 0.536. The molecule has 0 fully saturated rings. The first-order valence-electron chi connectivity index (χ1n) is 6.49. The highest BCUT2D eigenvalue weighted by atomic mass is 16.5. The Balaban J connectivity index is 0.000000515. The molecular weight excluding hydrogens is 306 g/mol. The number of nitrogens with zero attached hydrogens (tertiary/aromatic N) is 2. The van der Waals surface area contributed by atoms with Gasteiger partial charge in [-0.15, -0.1) is 0 Å². The van der Waals surface area contributed by atoms with E-state index in [0.29, 0.717) is 29.4 Å². The van der Waals surface area contributed by atoms with Gasteiger partial charge in [0.05, 0.1) is 18.4 Å². The number of rotatable bonds is 5. The van der Waals surface area contributed by atoms with E-state index in [1.54, 1.807) is 6.92 Å². The number of aliphatic carboxylic acids is 2. The van der Waals surface area contributed by atoms with E-state index in [4.69, 9.17) is 10.2 Å². The Labute approximate surface area is 133 Å². The Hall–Kier alpha value is -2.97. The molecule has 0 aromatic carbocycles. The van der Waals surface area contributed by atoms with Gasteiger partial charge in [-0.1, -0.05) is 0 Å². The van der Waals surface area contributed by atoms with Gasteiger partial charge in [0.25, 0.3) is 0 Å². The summed E-state index contributed by atoms with van der Waals surface area (Å²) in [5, 5.41) is 18.7. The first-order chi connectivity index (χ1) is 10.7. The van der Waals surface area contributed by atoms with Gasteiger partial charge in [0, 0.05) is 24.4 Å². The highest BCUT2D eigenvalue weighted by Crippen LogP contribution is 2.08. The fourth-order valence-corrected chi connectivity index (χ4v) is 1.25. The minimum Gasteiger partial charge on any atom is -0.478 e. The number of nitrogens with one attached hydrogen (secondary N) is 1. The second kappa shape index (κ2) is 9.87. The standard InChI is InChI=1S/C10H15N3O2.C4H4O4/c1-6(2)12-10-11-5-8(7(3)13-10)9(14)15-4;5-3(6)1-2-4(7)8/h5-6H,1-4H3,(H,11,12,13);1-2H,(H,5,6)(H,7,8)/b;2-1-. The van der Waals surface area contributed by atoms with Crippen LogP contribution in [0, 0.1) is 6.92 Å². The Morgan fingerprint density at radius 1 is 1.22 bits per heavy atom. The second-order valence-corrected chi connectivity index (χ2v) is 4.49. The van der Waals surface area contributed by atoms with Gasteiger partial charge >= 0.3 is 17.9 Å². The fourth-order valence-electron chi connectivity index (χ4n) is 1.25. The third-order valence-corrected chi connectivity index (χ3v) is 2.17. The number of aromatic nitrogens is 2. The third kappa shape index (κ3) is 8.81. The lowest BCUT2D eigenvalue weighted by molar-refractivity contribution is -0.134. The van der Waals surface area contributed by atoms with Crippen molar-refractivity contribution in [1.29, 1.82) is 0 Å². The van der Waals surface area contributed by atoms with Crippen LogP contribution in [0.25, 0.3) is 0 Å². The van der Waals surface area contributed by atoms with Gasteiger partial charge in [0.15, 0.2) is 0 Å². The van der Waals surface area contributed by atoms with Crippen molar-refractivity contribution in [2.24, 2.45) is 0 Å². The predicted octanol–water partition coefficient (Wildman–Crippen LogP) is 1.10. The van der Waals surface area contributed by atoms with Crippen LogP contribution in [0.3, 0.4) is 0 Å². The summed E-state index contributed by atoms with van der Waals surface area (Å²) >= 11 is 0. The molecule has 0 aliphatic carbocycles. The molecule has 0 radical (unpaired) electrons. The maximum atomic E-state index is 11.2. The van der Waals surface area contributed by atoms with E-state index < -0.39 is 17.9 Å². The van der Waals surface area contributed by atoms with Crippen LogP contribution < -0.4 is 5.32 Å². The molecule has 0 saturated heterocycles. The summed E-state index contributed by atoms with van der Waals surface area (Å²) in [5.41, 5.74) is 1.01. The van der Waals surface area contributed by atoms with E-state index in [1.807, 2.05) is 13.8 Å². The van der Waals surface area contributed by atoms with Crippen LogP contribution in [-0.2, 0) is 14.3 Å². The fraction of sp³-hybridized carbons (Fsp3) is 0.357. The second-order valence-electron chi connectivity index (χ2n) is 4.49. The van der Waals surface area contributed by atoms with Gasteiger partial charge in [-0.2, -0.15) is 0 Å². The topological polar surface area (TPSA) is 139 Å². The van der Waals surface area contributed by atoms with Gasteiger partial charge in [-0.25, -0.2) is 24.4 Å². The zero-order chi connectivity index (χ0) is 18.0. The number of ether oxygens (including phenoxy) is 1. The Morgan fingerprint density at radius 2 is 1.74 bits per heavy atom. The van der Waals surface area contributed by atoms with E-state index in [-0.39, 0.29) is 6.04 Å². The minimum atomic E-state index is -1.26. The van der Waals surface area contributed by atoms with Crippen molar-refractivity contribution < 1.29 is 29.3 Å². The number of anilines is 1. The average Bonchev–Trinajstić information content (AvgIpc) is 2.44. The summed E-state index contributed by atoms with van der Waals surface area (Å²) in [6.45, 7) is 5.74. The first kappa shape index (κ1) is 20.0. The van der Waals surface area contributed by atoms with Gasteiger partial charge in [-0.05, 0) is 20.8 Å². The molecule has 23 heavy (non-hydrogen) atoms. The van der Waals surface area contributed by atoms with E-state index in [1.165, 1.54) is 13.3 Å². The van der Waals surface area contributed by atoms with Crippen molar-refractivity contribution >= 4 is 23.9 Å². The van der Waals surface area contributed by atoms with Crippen molar-refractivity contribution in [3.63, 3.8) is 0 Å². The smallest absolute Gasteiger partial charge is 0.341 e. The lowest BCUT2D eigenvalue weighted by atomic mass is 10.2. The highest BCUT2D eigenvalue weighted by molar-refractivity contribution is 5.90. The minimum absolute atomic E-state index is 0.258.